The third-order valence-corrected chi connectivity index (χ3v) is 7.27. The van der Waals surface area contributed by atoms with E-state index in [2.05, 4.69) is 25.9 Å². The zero-order valence-corrected chi connectivity index (χ0v) is 23.9. The molecule has 4 aromatic rings. The number of aliphatic hydroxyl groups is 1. The molecule has 0 saturated carbocycles. The van der Waals surface area contributed by atoms with Gasteiger partial charge in [-0.2, -0.15) is 0 Å². The largest absolute Gasteiger partial charge is 0.480 e. The summed E-state index contributed by atoms with van der Waals surface area (Å²) in [4.78, 5) is 69.2. The molecule has 0 aliphatic carbocycles. The second-order valence-corrected chi connectivity index (χ2v) is 10.6. The number of hydrogen-bond acceptors (Lipinski definition) is 7. The highest BCUT2D eigenvalue weighted by Gasteiger charge is 2.33. The van der Waals surface area contributed by atoms with Gasteiger partial charge in [-0.05, 0) is 36.6 Å². The van der Waals surface area contributed by atoms with Crippen LogP contribution >= 0.6 is 0 Å². The highest BCUT2D eigenvalue weighted by Crippen LogP contribution is 2.20. The van der Waals surface area contributed by atoms with E-state index in [1.54, 1.807) is 24.5 Å². The van der Waals surface area contributed by atoms with E-state index in [1.807, 2.05) is 36.4 Å². The van der Waals surface area contributed by atoms with E-state index < -0.39 is 66.3 Å². The number of aromatic amines is 2. The maximum atomic E-state index is 13.2. The lowest BCUT2D eigenvalue weighted by molar-refractivity contribution is -0.142. The van der Waals surface area contributed by atoms with Gasteiger partial charge in [-0.15, -0.1) is 0 Å². The molecule has 0 radical (unpaired) electrons. The van der Waals surface area contributed by atoms with Crippen LogP contribution in [0.1, 0.15) is 24.5 Å². The zero-order valence-electron chi connectivity index (χ0n) is 23.9. The van der Waals surface area contributed by atoms with Gasteiger partial charge in [-0.1, -0.05) is 36.4 Å². The third kappa shape index (κ3) is 7.59. The van der Waals surface area contributed by atoms with Crippen molar-refractivity contribution in [3.05, 3.63) is 72.1 Å². The number of primary amides is 1. The lowest BCUT2D eigenvalue weighted by Crippen LogP contribution is -2.60. The minimum absolute atomic E-state index is 0.0942. The number of carboxylic acid groups (broad SMARTS) is 1. The number of H-pyrrole nitrogens is 2. The molecule has 2 heterocycles. The van der Waals surface area contributed by atoms with Crippen molar-refractivity contribution in [2.24, 2.45) is 11.5 Å². The summed E-state index contributed by atoms with van der Waals surface area (Å²) in [5.74, 6) is -5.02. The first-order chi connectivity index (χ1) is 20.9. The first-order valence-corrected chi connectivity index (χ1v) is 13.9. The first kappa shape index (κ1) is 31.7. The number of para-hydroxylation sites is 2. The molecule has 5 unspecified atom stereocenters. The fraction of sp³-hybridized carbons (Fsp3) is 0.300. The molecule has 4 rings (SSSR count). The molecule has 2 aromatic heterocycles. The van der Waals surface area contributed by atoms with Crippen molar-refractivity contribution >= 4 is 51.4 Å². The molecule has 4 amide bonds. The van der Waals surface area contributed by atoms with Crippen molar-refractivity contribution < 1.29 is 34.2 Å². The van der Waals surface area contributed by atoms with Crippen molar-refractivity contribution in [3.63, 3.8) is 0 Å². The molecule has 44 heavy (non-hydrogen) atoms. The number of carbonyl (C=O) groups is 5. The van der Waals surface area contributed by atoms with Gasteiger partial charge < -0.3 is 47.6 Å². The summed E-state index contributed by atoms with van der Waals surface area (Å²) in [5, 5.41) is 28.8. The van der Waals surface area contributed by atoms with Crippen LogP contribution in [0, 0.1) is 0 Å². The molecule has 14 heteroatoms. The van der Waals surface area contributed by atoms with Gasteiger partial charge >= 0.3 is 5.97 Å². The average Bonchev–Trinajstić information content (AvgIpc) is 3.58. The highest BCUT2D eigenvalue weighted by molar-refractivity contribution is 5.96. The highest BCUT2D eigenvalue weighted by atomic mass is 16.4. The van der Waals surface area contributed by atoms with Crippen LogP contribution in [0.2, 0.25) is 0 Å². The number of aliphatic hydroxyl groups excluding tert-OH is 1. The van der Waals surface area contributed by atoms with Crippen LogP contribution in [-0.2, 0) is 36.8 Å². The predicted octanol–water partition coefficient (Wildman–Crippen LogP) is -0.443. The number of carboxylic acids is 1. The Bertz CT molecular complexity index is 1680. The molecule has 232 valence electrons. The Hall–Kier alpha value is -5.21. The fourth-order valence-corrected chi connectivity index (χ4v) is 4.96. The van der Waals surface area contributed by atoms with E-state index in [4.69, 9.17) is 11.5 Å². The molecule has 0 saturated heterocycles. The molecule has 0 spiro atoms. The topological polar surface area (TPSA) is 246 Å². The third-order valence-electron chi connectivity index (χ3n) is 7.27. The molecular weight excluding hydrogens is 570 g/mol. The number of amides is 4. The Morgan fingerprint density at radius 2 is 1.30 bits per heavy atom. The van der Waals surface area contributed by atoms with Gasteiger partial charge in [-0.3, -0.25) is 19.2 Å². The smallest absolute Gasteiger partial charge is 0.326 e. The van der Waals surface area contributed by atoms with Crippen LogP contribution in [-0.4, -0.2) is 80.1 Å². The van der Waals surface area contributed by atoms with Crippen molar-refractivity contribution in [3.8, 4) is 0 Å². The van der Waals surface area contributed by atoms with Crippen LogP contribution in [0.3, 0.4) is 0 Å². The Kier molecular flexibility index (Phi) is 9.98. The number of benzene rings is 2. The zero-order chi connectivity index (χ0) is 32.0. The number of nitrogens with one attached hydrogen (secondary N) is 5. The van der Waals surface area contributed by atoms with Gasteiger partial charge in [0.2, 0.25) is 23.6 Å². The van der Waals surface area contributed by atoms with E-state index in [0.717, 1.165) is 27.4 Å². The minimum Gasteiger partial charge on any atom is -0.480 e. The molecule has 0 aliphatic rings. The molecule has 5 atom stereocenters. The average molecular weight is 606 g/mol. The van der Waals surface area contributed by atoms with Gasteiger partial charge in [0.15, 0.2) is 0 Å². The van der Waals surface area contributed by atoms with Gasteiger partial charge in [0.1, 0.15) is 18.1 Å². The predicted molar refractivity (Wildman–Crippen MR) is 161 cm³/mol. The maximum absolute atomic E-state index is 13.2. The minimum atomic E-state index is -1.59. The Labute approximate surface area is 251 Å². The summed E-state index contributed by atoms with van der Waals surface area (Å²) in [6.45, 7) is 1.25. The molecular formula is C30H35N7O7. The first-order valence-electron chi connectivity index (χ1n) is 13.9. The number of rotatable bonds is 14. The monoisotopic (exact) mass is 605 g/mol. The Morgan fingerprint density at radius 3 is 1.82 bits per heavy atom. The number of fused-ring (bicyclic) bond motifs is 2. The number of aromatic nitrogens is 2. The Balaban J connectivity index is 1.43. The second kappa shape index (κ2) is 13.8. The lowest BCUT2D eigenvalue weighted by Gasteiger charge is -2.26. The summed E-state index contributed by atoms with van der Waals surface area (Å²) in [7, 11) is 0. The second-order valence-electron chi connectivity index (χ2n) is 10.6. The van der Waals surface area contributed by atoms with Gasteiger partial charge in [0.05, 0.1) is 18.6 Å². The normalized spacial score (nSPS) is 14.7. The van der Waals surface area contributed by atoms with E-state index in [-0.39, 0.29) is 12.8 Å². The summed E-state index contributed by atoms with van der Waals surface area (Å²) >= 11 is 0. The molecule has 0 bridgehead atoms. The van der Waals surface area contributed by atoms with Crippen molar-refractivity contribution in [2.45, 2.75) is 56.5 Å². The van der Waals surface area contributed by atoms with Gasteiger partial charge in [0.25, 0.3) is 0 Å². The van der Waals surface area contributed by atoms with Crippen molar-refractivity contribution in [1.29, 1.82) is 0 Å². The Morgan fingerprint density at radius 1 is 0.773 bits per heavy atom. The van der Waals surface area contributed by atoms with Crippen LogP contribution < -0.4 is 27.4 Å². The van der Waals surface area contributed by atoms with Crippen LogP contribution in [0.25, 0.3) is 21.8 Å². The summed E-state index contributed by atoms with van der Waals surface area (Å²) in [5.41, 5.74) is 14.5. The molecule has 11 N–H and O–H groups in total. The number of aliphatic carboxylic acids is 1. The van der Waals surface area contributed by atoms with E-state index in [1.165, 1.54) is 6.92 Å². The number of nitrogens with two attached hydrogens (primary N) is 2. The SMILES string of the molecule is CC(O)C(NC(=O)C(N)Cc1c[nH]c2ccccc12)C(=O)NC(CC(N)=O)C(=O)NC(Cc1c[nH]c2ccccc12)C(=O)O. The molecule has 0 fully saturated rings. The standard InChI is InChI=1S/C30H35N7O7/c1-15(38)26(37-27(40)20(31)10-16-13-33-21-8-4-2-6-18(16)21)29(42)35-23(12-25(32)39)28(41)36-24(30(43)44)11-17-14-34-22-9-5-3-7-19(17)22/h2-9,13-15,20,23-24,26,33-34,38H,10-12,31H2,1H3,(H2,32,39)(H,35,42)(H,36,41)(H,37,40)(H,43,44). The van der Waals surface area contributed by atoms with E-state index in [0.29, 0.717) is 5.56 Å². The molecule has 2 aromatic carbocycles. The number of hydrogen-bond donors (Lipinski definition) is 9. The van der Waals surface area contributed by atoms with Gasteiger partial charge in [0, 0.05) is 40.6 Å². The van der Waals surface area contributed by atoms with Crippen LogP contribution in [0.15, 0.2) is 60.9 Å². The molecule has 0 aliphatic heterocycles. The van der Waals surface area contributed by atoms with E-state index in [9.17, 15) is 34.2 Å². The lowest BCUT2D eigenvalue weighted by atomic mass is 10.0. The van der Waals surface area contributed by atoms with Crippen molar-refractivity contribution in [2.75, 3.05) is 0 Å². The van der Waals surface area contributed by atoms with Crippen molar-refractivity contribution in [1.82, 2.24) is 25.9 Å². The summed E-state index contributed by atoms with van der Waals surface area (Å²) in [6.07, 6.45) is 1.30. The number of carbonyl (C=O) groups excluding carboxylic acids is 4. The molecule has 14 nitrogen and oxygen atoms in total. The summed E-state index contributed by atoms with van der Waals surface area (Å²) < 4.78 is 0. The maximum Gasteiger partial charge on any atom is 0.326 e. The van der Waals surface area contributed by atoms with Gasteiger partial charge in [-0.25, -0.2) is 4.79 Å². The van der Waals surface area contributed by atoms with Crippen LogP contribution in [0.5, 0.6) is 0 Å². The summed E-state index contributed by atoms with van der Waals surface area (Å²) in [6, 6.07) is 9.02. The van der Waals surface area contributed by atoms with Crippen LogP contribution in [0.4, 0.5) is 0 Å². The quantitative estimate of drug-likeness (QED) is 0.0909. The fourth-order valence-electron chi connectivity index (χ4n) is 4.96. The van der Waals surface area contributed by atoms with E-state index >= 15 is 0 Å².